The van der Waals surface area contributed by atoms with Gasteiger partial charge in [0.15, 0.2) is 5.82 Å². The van der Waals surface area contributed by atoms with Gasteiger partial charge in [0.2, 0.25) is 15.8 Å². The molecular weight excluding hydrogens is 454 g/mol. The number of ether oxygens (including phenoxy) is 1. The summed E-state index contributed by atoms with van der Waals surface area (Å²) in [6, 6.07) is 6.61. The molecule has 168 valence electrons. The van der Waals surface area contributed by atoms with Gasteiger partial charge in [-0.3, -0.25) is 0 Å². The van der Waals surface area contributed by atoms with Gasteiger partial charge < -0.3 is 15.2 Å². The molecule has 2 atom stereocenters. The molecule has 3 fully saturated rings. The summed E-state index contributed by atoms with van der Waals surface area (Å²) in [6.07, 6.45) is 5.33. The Morgan fingerprint density at radius 2 is 1.91 bits per heavy atom. The molecule has 2 bridgehead atoms. The molecule has 2 aromatic rings. The third-order valence-corrected chi connectivity index (χ3v) is 9.09. The average molecular weight is 476 g/mol. The van der Waals surface area contributed by atoms with Crippen molar-refractivity contribution in [2.75, 3.05) is 5.32 Å². The summed E-state index contributed by atoms with van der Waals surface area (Å²) in [7, 11) is -3.22. The predicted molar refractivity (Wildman–Crippen MR) is 117 cm³/mol. The molecule has 5 rings (SSSR count). The quantitative estimate of drug-likeness (QED) is 0.651. The molecule has 3 heterocycles. The molecule has 0 radical (unpaired) electrons. The fourth-order valence-corrected chi connectivity index (χ4v) is 7.16. The van der Waals surface area contributed by atoms with E-state index >= 15 is 0 Å². The highest BCUT2D eigenvalue weighted by atomic mass is 35.5. The first-order valence-electron chi connectivity index (χ1n) is 10.6. The number of nitriles is 1. The van der Waals surface area contributed by atoms with E-state index in [1.807, 2.05) is 6.07 Å². The number of hydrogen-bond acceptors (Lipinski definition) is 8. The first-order valence-corrected chi connectivity index (χ1v) is 12.4. The maximum atomic E-state index is 12.8. The van der Waals surface area contributed by atoms with Crippen molar-refractivity contribution < 1.29 is 18.3 Å². The molecule has 11 heteroatoms. The van der Waals surface area contributed by atoms with Crippen LogP contribution in [0.15, 0.2) is 24.5 Å². The van der Waals surface area contributed by atoms with E-state index in [0.29, 0.717) is 29.1 Å². The zero-order chi connectivity index (χ0) is 22.5. The van der Waals surface area contributed by atoms with Gasteiger partial charge in [-0.15, -0.1) is 0 Å². The van der Waals surface area contributed by atoms with Crippen LogP contribution in [0.5, 0.6) is 11.6 Å². The van der Waals surface area contributed by atoms with Crippen LogP contribution in [0.25, 0.3) is 0 Å². The van der Waals surface area contributed by atoms with E-state index in [9.17, 15) is 13.5 Å². The van der Waals surface area contributed by atoms with Crippen molar-refractivity contribution in [1.82, 2.24) is 14.3 Å². The minimum Gasteiger partial charge on any atom is -0.501 e. The highest BCUT2D eigenvalue weighted by Gasteiger charge is 2.52. The Balaban J connectivity index is 1.30. The number of aromatic hydroxyl groups is 1. The van der Waals surface area contributed by atoms with E-state index in [1.54, 1.807) is 16.4 Å². The number of sulfonamides is 1. The Bertz CT molecular complexity index is 1180. The zero-order valence-electron chi connectivity index (χ0n) is 17.1. The smallest absolute Gasteiger partial charge is 0.262 e. The van der Waals surface area contributed by atoms with Crippen molar-refractivity contribution in [3.05, 3.63) is 35.1 Å². The second-order valence-corrected chi connectivity index (χ2v) is 11.0. The van der Waals surface area contributed by atoms with Crippen molar-refractivity contribution in [2.45, 2.75) is 62.0 Å². The maximum Gasteiger partial charge on any atom is 0.262 e. The number of nitrogens with zero attached hydrogens (tertiary/aromatic N) is 4. The lowest BCUT2D eigenvalue weighted by Crippen LogP contribution is -2.50. The van der Waals surface area contributed by atoms with Gasteiger partial charge in [0.1, 0.15) is 12.4 Å². The first-order chi connectivity index (χ1) is 15.4. The van der Waals surface area contributed by atoms with Crippen LogP contribution in [0.1, 0.15) is 44.1 Å². The Hall–Kier alpha value is -2.61. The number of rotatable bonds is 6. The molecule has 2 unspecified atom stereocenters. The van der Waals surface area contributed by atoms with E-state index in [0.717, 1.165) is 25.7 Å². The van der Waals surface area contributed by atoms with Crippen molar-refractivity contribution in [2.24, 2.45) is 0 Å². The van der Waals surface area contributed by atoms with Crippen LogP contribution in [0.3, 0.4) is 0 Å². The molecular formula is C21H22ClN5O4S. The van der Waals surface area contributed by atoms with E-state index < -0.39 is 10.0 Å². The number of halogens is 1. The topological polar surface area (TPSA) is 128 Å². The number of anilines is 2. The molecule has 1 saturated carbocycles. The van der Waals surface area contributed by atoms with E-state index in [-0.39, 0.29) is 40.9 Å². The lowest BCUT2D eigenvalue weighted by atomic mass is 10.0. The molecule has 2 N–H and O–H groups in total. The summed E-state index contributed by atoms with van der Waals surface area (Å²) in [5.41, 5.74) is 0.892. The van der Waals surface area contributed by atoms with Crippen LogP contribution in [0.2, 0.25) is 5.02 Å². The summed E-state index contributed by atoms with van der Waals surface area (Å²) >= 11 is 6.20. The first kappa shape index (κ1) is 21.2. The summed E-state index contributed by atoms with van der Waals surface area (Å²) in [4.78, 5) is 8.13. The molecule has 2 saturated heterocycles. The number of benzene rings is 1. The lowest BCUT2D eigenvalue weighted by molar-refractivity contribution is 0.0889. The molecule has 3 aliphatic rings. The van der Waals surface area contributed by atoms with Gasteiger partial charge in [-0.2, -0.15) is 14.6 Å². The standard InChI is InChI=1S/C21H22ClN5O4S/c22-17-7-12(10-23)1-6-18(17)26-20-19(28)21(25-11-24-20)31-15-8-13-2-3-14(9-15)27(13)32(29,30)16-4-5-16/h1,6-7,11,13-16,28H,2-5,8-9H2,(H,24,25,26). The number of piperidine rings is 1. The number of hydrogen-bond donors (Lipinski definition) is 2. The SMILES string of the molecule is N#Cc1ccc(Nc2ncnc(OC3CC4CCC(C3)N4S(=O)(=O)C3CC3)c2O)c(Cl)c1. The normalized spacial score (nSPS) is 25.3. The molecule has 1 aliphatic carbocycles. The van der Waals surface area contributed by atoms with Gasteiger partial charge in [-0.1, -0.05) is 11.6 Å². The van der Waals surface area contributed by atoms with Crippen LogP contribution in [0.4, 0.5) is 11.5 Å². The molecule has 2 aliphatic heterocycles. The highest BCUT2D eigenvalue weighted by molar-refractivity contribution is 7.90. The summed E-state index contributed by atoms with van der Waals surface area (Å²) < 4.78 is 33.3. The fourth-order valence-electron chi connectivity index (χ4n) is 4.65. The minimum absolute atomic E-state index is 0.0372. The van der Waals surface area contributed by atoms with Crippen LogP contribution in [0, 0.1) is 11.3 Å². The van der Waals surface area contributed by atoms with E-state index in [1.165, 1.54) is 12.4 Å². The third kappa shape index (κ3) is 3.85. The van der Waals surface area contributed by atoms with Crippen LogP contribution in [-0.2, 0) is 10.0 Å². The Morgan fingerprint density at radius 1 is 1.19 bits per heavy atom. The van der Waals surface area contributed by atoms with Gasteiger partial charge in [-0.05, 0) is 43.9 Å². The molecule has 1 aromatic heterocycles. The molecule has 0 spiro atoms. The fraction of sp³-hybridized carbons (Fsp3) is 0.476. The van der Waals surface area contributed by atoms with Crippen LogP contribution < -0.4 is 10.1 Å². The van der Waals surface area contributed by atoms with Crippen molar-refractivity contribution in [3.63, 3.8) is 0 Å². The number of fused-ring (bicyclic) bond motifs is 2. The average Bonchev–Trinajstić information content (AvgIpc) is 3.58. The van der Waals surface area contributed by atoms with Gasteiger partial charge in [0, 0.05) is 24.9 Å². The predicted octanol–water partition coefficient (Wildman–Crippen LogP) is 3.32. The molecule has 9 nitrogen and oxygen atoms in total. The Labute approximate surface area is 191 Å². The molecule has 1 aromatic carbocycles. The molecule has 0 amide bonds. The number of aromatic nitrogens is 2. The maximum absolute atomic E-state index is 12.8. The Kier molecular flexibility index (Phi) is 5.35. The van der Waals surface area contributed by atoms with Gasteiger partial charge in [0.25, 0.3) is 5.88 Å². The van der Waals surface area contributed by atoms with Gasteiger partial charge >= 0.3 is 0 Å². The van der Waals surface area contributed by atoms with Crippen LogP contribution in [-0.4, -0.2) is 51.2 Å². The minimum atomic E-state index is -3.22. The second-order valence-electron chi connectivity index (χ2n) is 8.48. The summed E-state index contributed by atoms with van der Waals surface area (Å²) in [5.74, 6) is -0.0956. The van der Waals surface area contributed by atoms with Gasteiger partial charge in [0.05, 0.1) is 27.6 Å². The summed E-state index contributed by atoms with van der Waals surface area (Å²) in [5, 5.41) is 22.7. The number of nitrogens with one attached hydrogen (secondary N) is 1. The highest BCUT2D eigenvalue weighted by Crippen LogP contribution is 2.44. The van der Waals surface area contributed by atoms with E-state index in [4.69, 9.17) is 21.6 Å². The third-order valence-electron chi connectivity index (χ3n) is 6.28. The van der Waals surface area contributed by atoms with Crippen LogP contribution >= 0.6 is 11.6 Å². The molecule has 32 heavy (non-hydrogen) atoms. The zero-order valence-corrected chi connectivity index (χ0v) is 18.7. The van der Waals surface area contributed by atoms with E-state index in [2.05, 4.69) is 15.3 Å². The Morgan fingerprint density at radius 3 is 2.53 bits per heavy atom. The monoisotopic (exact) mass is 475 g/mol. The van der Waals surface area contributed by atoms with Crippen molar-refractivity contribution in [3.8, 4) is 17.7 Å². The summed E-state index contributed by atoms with van der Waals surface area (Å²) in [6.45, 7) is 0. The largest absolute Gasteiger partial charge is 0.501 e. The lowest BCUT2D eigenvalue weighted by Gasteiger charge is -2.37. The van der Waals surface area contributed by atoms with Crippen molar-refractivity contribution >= 4 is 33.1 Å². The van der Waals surface area contributed by atoms with Gasteiger partial charge in [-0.25, -0.2) is 13.4 Å². The second kappa shape index (κ2) is 8.06. The van der Waals surface area contributed by atoms with Crippen molar-refractivity contribution in [1.29, 1.82) is 5.26 Å².